The predicted octanol–water partition coefficient (Wildman–Crippen LogP) is 2.07. The van der Waals surface area contributed by atoms with Gasteiger partial charge < -0.3 is 16.8 Å². The van der Waals surface area contributed by atoms with Gasteiger partial charge in [0, 0.05) is 11.2 Å². The molecular weight excluding hydrogens is 380 g/mol. The van der Waals surface area contributed by atoms with Crippen molar-refractivity contribution in [2.75, 3.05) is 5.73 Å². The number of carbonyl (C=O) groups is 1. The minimum atomic E-state index is -0.350. The lowest BCUT2D eigenvalue weighted by Gasteiger charge is -2.04. The molecule has 1 aromatic carbocycles. The number of hydrogen-bond acceptors (Lipinski definition) is 6. The first-order valence-electron chi connectivity index (χ1n) is 8.19. The first-order valence-corrected chi connectivity index (χ1v) is 8.57. The summed E-state index contributed by atoms with van der Waals surface area (Å²) < 4.78 is 0. The topological polar surface area (TPSA) is 148 Å². The summed E-state index contributed by atoms with van der Waals surface area (Å²) in [6, 6.07) is 10.3. The number of benzene rings is 1. The fourth-order valence-electron chi connectivity index (χ4n) is 2.22. The van der Waals surface area contributed by atoms with Gasteiger partial charge in [0.1, 0.15) is 17.5 Å². The van der Waals surface area contributed by atoms with Gasteiger partial charge in [-0.25, -0.2) is 15.0 Å². The molecule has 0 bridgehead atoms. The van der Waals surface area contributed by atoms with Crippen LogP contribution in [-0.2, 0) is 6.54 Å². The summed E-state index contributed by atoms with van der Waals surface area (Å²) in [7, 11) is 0. The number of amidine groups is 1. The summed E-state index contributed by atoms with van der Waals surface area (Å²) in [5, 5.41) is 10.0. The van der Waals surface area contributed by atoms with Crippen molar-refractivity contribution in [2.24, 2.45) is 10.7 Å². The highest BCUT2D eigenvalue weighted by atomic mass is 35.5. The number of H-pyrrole nitrogens is 1. The summed E-state index contributed by atoms with van der Waals surface area (Å²) >= 11 is 5.91. The maximum atomic E-state index is 12.1. The molecule has 2 heterocycles. The Bertz CT molecular complexity index is 1040. The first kappa shape index (κ1) is 19.1. The van der Waals surface area contributed by atoms with Crippen LogP contribution in [-0.4, -0.2) is 31.9 Å². The molecule has 0 saturated carbocycles. The highest BCUT2D eigenvalue weighted by Crippen LogP contribution is 2.17. The molecule has 3 aromatic rings. The number of amides is 1. The molecule has 0 spiro atoms. The molecule has 0 aliphatic heterocycles. The molecule has 0 unspecified atom stereocenters. The number of aliphatic imine (C=N–C) groups is 1. The second-order valence-corrected chi connectivity index (χ2v) is 6.05. The summed E-state index contributed by atoms with van der Waals surface area (Å²) in [4.78, 5) is 24.5. The lowest BCUT2D eigenvalue weighted by Crippen LogP contribution is -2.24. The molecule has 3 rings (SSSR count). The fourth-order valence-corrected chi connectivity index (χ4v) is 2.41. The second-order valence-electron chi connectivity index (χ2n) is 5.61. The monoisotopic (exact) mass is 396 g/mol. The van der Waals surface area contributed by atoms with Crippen LogP contribution in [0.25, 0.3) is 6.08 Å². The molecule has 10 heteroatoms. The Kier molecular flexibility index (Phi) is 5.97. The fraction of sp³-hybridized carbons (Fsp3) is 0.0556. The van der Waals surface area contributed by atoms with E-state index in [9.17, 15) is 4.79 Å². The van der Waals surface area contributed by atoms with Crippen LogP contribution in [0.1, 0.15) is 22.0 Å². The number of aromatic nitrogens is 4. The molecule has 0 atom stereocenters. The van der Waals surface area contributed by atoms with Crippen molar-refractivity contribution in [2.45, 2.75) is 6.54 Å². The van der Waals surface area contributed by atoms with Gasteiger partial charge in [0.25, 0.3) is 5.91 Å². The van der Waals surface area contributed by atoms with Crippen molar-refractivity contribution in [3.63, 3.8) is 0 Å². The molecule has 0 radical (unpaired) electrons. The Labute approximate surface area is 165 Å². The molecule has 0 aliphatic carbocycles. The number of hydrogen-bond donors (Lipinski definition) is 4. The average Bonchev–Trinajstić information content (AvgIpc) is 3.13. The molecule has 142 valence electrons. The van der Waals surface area contributed by atoms with E-state index in [4.69, 9.17) is 23.1 Å². The maximum absolute atomic E-state index is 12.1. The van der Waals surface area contributed by atoms with Crippen LogP contribution in [0.4, 0.5) is 11.5 Å². The summed E-state index contributed by atoms with van der Waals surface area (Å²) in [6.07, 6.45) is 4.69. The number of anilines is 1. The third kappa shape index (κ3) is 5.15. The van der Waals surface area contributed by atoms with Crippen molar-refractivity contribution >= 4 is 40.9 Å². The lowest BCUT2D eigenvalue weighted by molar-refractivity contribution is 0.0950. The van der Waals surface area contributed by atoms with Crippen LogP contribution in [0.2, 0.25) is 5.02 Å². The number of rotatable bonds is 6. The molecule has 28 heavy (non-hydrogen) atoms. The molecule has 9 nitrogen and oxygen atoms in total. The zero-order valence-corrected chi connectivity index (χ0v) is 15.4. The highest BCUT2D eigenvalue weighted by molar-refractivity contribution is 6.30. The number of halogens is 1. The van der Waals surface area contributed by atoms with Crippen LogP contribution in [0.3, 0.4) is 0 Å². The van der Waals surface area contributed by atoms with Crippen molar-refractivity contribution in [1.82, 2.24) is 25.5 Å². The Balaban J connectivity index is 1.58. The van der Waals surface area contributed by atoms with Gasteiger partial charge in [-0.05, 0) is 42.5 Å². The number of nitrogens with zero attached hydrogens (tertiary/aromatic N) is 4. The van der Waals surface area contributed by atoms with Gasteiger partial charge in [-0.15, -0.1) is 0 Å². The number of carbonyl (C=O) groups excluding carboxylic acids is 1. The van der Waals surface area contributed by atoms with E-state index in [0.717, 1.165) is 0 Å². The zero-order chi connectivity index (χ0) is 19.9. The second kappa shape index (κ2) is 8.78. The van der Waals surface area contributed by atoms with Crippen molar-refractivity contribution in [3.8, 4) is 0 Å². The molecule has 0 fully saturated rings. The Hall–Kier alpha value is -3.72. The van der Waals surface area contributed by atoms with E-state index in [-0.39, 0.29) is 24.1 Å². The SMILES string of the molecule is NC(/C=C\c1n[nH]c(CNC(=O)c2cccnc2N)n1)=Nc1cccc(Cl)c1. The van der Waals surface area contributed by atoms with Gasteiger partial charge >= 0.3 is 0 Å². The predicted molar refractivity (Wildman–Crippen MR) is 108 cm³/mol. The third-order valence-electron chi connectivity index (χ3n) is 3.52. The summed E-state index contributed by atoms with van der Waals surface area (Å²) in [6.45, 7) is 0.153. The van der Waals surface area contributed by atoms with Crippen LogP contribution >= 0.6 is 11.6 Å². The van der Waals surface area contributed by atoms with Crippen LogP contribution in [0, 0.1) is 0 Å². The zero-order valence-electron chi connectivity index (χ0n) is 14.6. The van der Waals surface area contributed by atoms with E-state index in [1.807, 2.05) is 0 Å². The standard InChI is InChI=1S/C18H17ClN8O/c19-11-3-1-4-12(9-11)24-14(20)6-7-15-25-16(27-26-15)10-23-18(28)13-5-2-8-22-17(13)21/h1-9H,10H2,(H2,20,24)(H2,21,22)(H,23,28)(H,25,26,27)/b7-6-. The molecule has 6 N–H and O–H groups in total. The lowest BCUT2D eigenvalue weighted by atomic mass is 10.2. The molecular formula is C18H17ClN8O. The third-order valence-corrected chi connectivity index (χ3v) is 3.75. The smallest absolute Gasteiger partial charge is 0.255 e. The van der Waals surface area contributed by atoms with Gasteiger partial charge in [-0.1, -0.05) is 17.7 Å². The number of pyridine rings is 1. The summed E-state index contributed by atoms with van der Waals surface area (Å²) in [5.41, 5.74) is 12.5. The molecule has 0 aliphatic rings. The largest absolute Gasteiger partial charge is 0.384 e. The Morgan fingerprint density at radius 1 is 1.32 bits per heavy atom. The Morgan fingerprint density at radius 2 is 2.18 bits per heavy atom. The van der Waals surface area contributed by atoms with Crippen LogP contribution in [0.15, 0.2) is 53.7 Å². The van der Waals surface area contributed by atoms with Gasteiger partial charge in [0.05, 0.1) is 17.8 Å². The minimum absolute atomic E-state index is 0.153. The quantitative estimate of drug-likeness (QED) is 0.370. The Morgan fingerprint density at radius 3 is 2.96 bits per heavy atom. The van der Waals surface area contributed by atoms with Crippen LogP contribution in [0.5, 0.6) is 0 Å². The minimum Gasteiger partial charge on any atom is -0.384 e. The van der Waals surface area contributed by atoms with Crippen LogP contribution < -0.4 is 16.8 Å². The molecule has 1 amide bonds. The summed E-state index contributed by atoms with van der Waals surface area (Å²) in [5.74, 6) is 0.955. The van der Waals surface area contributed by atoms with Gasteiger partial charge in [0.15, 0.2) is 5.82 Å². The average molecular weight is 397 g/mol. The number of aromatic amines is 1. The van der Waals surface area contributed by atoms with Crippen molar-refractivity contribution < 1.29 is 4.79 Å². The van der Waals surface area contributed by atoms with Gasteiger partial charge in [0.2, 0.25) is 0 Å². The highest BCUT2D eigenvalue weighted by Gasteiger charge is 2.10. The normalized spacial score (nSPS) is 11.7. The number of nitrogens with one attached hydrogen (secondary N) is 2. The van der Waals surface area contributed by atoms with E-state index in [1.54, 1.807) is 48.6 Å². The van der Waals surface area contributed by atoms with Crippen molar-refractivity contribution in [1.29, 1.82) is 0 Å². The molecule has 2 aromatic heterocycles. The van der Waals surface area contributed by atoms with E-state index in [1.165, 1.54) is 6.20 Å². The first-order chi connectivity index (χ1) is 13.5. The van der Waals surface area contributed by atoms with Gasteiger partial charge in [-0.2, -0.15) is 5.10 Å². The van der Waals surface area contributed by atoms with Crippen molar-refractivity contribution in [3.05, 3.63) is 70.9 Å². The van der Waals surface area contributed by atoms with Gasteiger partial charge in [-0.3, -0.25) is 9.89 Å². The maximum Gasteiger partial charge on any atom is 0.255 e. The van der Waals surface area contributed by atoms with E-state index >= 15 is 0 Å². The number of nitrogens with two attached hydrogens (primary N) is 2. The molecule has 0 saturated heterocycles. The van der Waals surface area contributed by atoms with E-state index in [0.29, 0.717) is 27.9 Å². The number of nitrogen functional groups attached to an aromatic ring is 1. The van der Waals surface area contributed by atoms with E-state index in [2.05, 4.69) is 30.5 Å². The van der Waals surface area contributed by atoms with E-state index < -0.39 is 0 Å².